The number of aromatic carboxylic acids is 1. The fourth-order valence-corrected chi connectivity index (χ4v) is 5.21. The summed E-state index contributed by atoms with van der Waals surface area (Å²) < 4.78 is 3.96. The molecule has 0 bridgehead atoms. The zero-order valence-electron chi connectivity index (χ0n) is 19.7. The molecule has 5 nitrogen and oxygen atoms in total. The van der Waals surface area contributed by atoms with Gasteiger partial charge in [0.15, 0.2) is 0 Å². The molecule has 1 N–H and O–H groups in total. The summed E-state index contributed by atoms with van der Waals surface area (Å²) in [4.78, 5) is 25.0. The molecule has 1 aliphatic carbocycles. The normalized spacial score (nSPS) is 14.5. The van der Waals surface area contributed by atoms with Gasteiger partial charge in [-0.1, -0.05) is 75.1 Å². The van der Waals surface area contributed by atoms with Crippen molar-refractivity contribution in [2.24, 2.45) is 5.92 Å². The molecule has 2 aromatic carbocycles. The lowest BCUT2D eigenvalue weighted by Gasteiger charge is -2.22. The van der Waals surface area contributed by atoms with Gasteiger partial charge in [0.05, 0.1) is 12.1 Å². The van der Waals surface area contributed by atoms with Crippen LogP contribution in [0.2, 0.25) is 0 Å². The lowest BCUT2D eigenvalue weighted by Crippen LogP contribution is -2.28. The highest BCUT2D eigenvalue weighted by atomic mass is 16.4. The molecule has 0 spiro atoms. The first-order chi connectivity index (χ1) is 16.0. The SMILES string of the molecule is CCCc1c(C)n(CC2CCCCC2)c(=O)n1Cc1ccc(-c2ccccc2C(=O)O)cc1. The fraction of sp³-hybridized carbons (Fsp3) is 0.429. The average Bonchev–Trinajstić information content (AvgIpc) is 3.05. The first-order valence-electron chi connectivity index (χ1n) is 12.2. The van der Waals surface area contributed by atoms with Crippen molar-refractivity contribution in [3.63, 3.8) is 0 Å². The monoisotopic (exact) mass is 446 g/mol. The molecule has 0 unspecified atom stereocenters. The van der Waals surface area contributed by atoms with E-state index in [1.54, 1.807) is 12.1 Å². The third kappa shape index (κ3) is 4.97. The summed E-state index contributed by atoms with van der Waals surface area (Å²) in [6, 6.07) is 15.0. The van der Waals surface area contributed by atoms with Gasteiger partial charge in [-0.2, -0.15) is 0 Å². The third-order valence-corrected chi connectivity index (χ3v) is 7.03. The lowest BCUT2D eigenvalue weighted by atomic mass is 9.89. The topological polar surface area (TPSA) is 64.2 Å². The maximum absolute atomic E-state index is 13.4. The molecule has 5 heteroatoms. The number of carboxylic acid groups (broad SMARTS) is 1. The van der Waals surface area contributed by atoms with E-state index in [1.807, 2.05) is 45.5 Å². The molecule has 0 radical (unpaired) electrons. The largest absolute Gasteiger partial charge is 0.478 e. The van der Waals surface area contributed by atoms with Gasteiger partial charge in [-0.05, 0) is 54.9 Å². The molecule has 1 aromatic heterocycles. The molecule has 0 aliphatic heterocycles. The smallest absolute Gasteiger partial charge is 0.336 e. The van der Waals surface area contributed by atoms with Crippen molar-refractivity contribution in [1.82, 2.24) is 9.13 Å². The third-order valence-electron chi connectivity index (χ3n) is 7.03. The summed E-state index contributed by atoms with van der Waals surface area (Å²) in [7, 11) is 0. The standard InChI is InChI=1S/C28H34N2O3/c1-3-9-26-20(2)29(18-21-10-5-4-6-11-21)28(33)30(26)19-22-14-16-23(17-15-22)24-12-7-8-13-25(24)27(31)32/h7-8,12-17,21H,3-6,9-11,18-19H2,1-2H3,(H,31,32). The highest BCUT2D eigenvalue weighted by Crippen LogP contribution is 2.27. The van der Waals surface area contributed by atoms with Crippen molar-refractivity contribution in [3.05, 3.63) is 81.5 Å². The van der Waals surface area contributed by atoms with Gasteiger partial charge in [-0.25, -0.2) is 9.59 Å². The van der Waals surface area contributed by atoms with Crippen LogP contribution in [0.5, 0.6) is 0 Å². The number of imidazole rings is 1. The van der Waals surface area contributed by atoms with E-state index in [9.17, 15) is 14.7 Å². The number of hydrogen-bond acceptors (Lipinski definition) is 2. The Bertz CT molecular complexity index is 1160. The van der Waals surface area contributed by atoms with Crippen LogP contribution in [-0.2, 0) is 19.5 Å². The highest BCUT2D eigenvalue weighted by molar-refractivity contribution is 5.95. The van der Waals surface area contributed by atoms with E-state index in [0.29, 0.717) is 23.6 Å². The van der Waals surface area contributed by atoms with E-state index in [4.69, 9.17) is 0 Å². The van der Waals surface area contributed by atoms with Crippen LogP contribution in [0.3, 0.4) is 0 Å². The van der Waals surface area contributed by atoms with Gasteiger partial charge in [0.1, 0.15) is 0 Å². The van der Waals surface area contributed by atoms with Gasteiger partial charge < -0.3 is 5.11 Å². The minimum atomic E-state index is -0.930. The molecule has 1 saturated carbocycles. The van der Waals surface area contributed by atoms with Crippen LogP contribution in [-0.4, -0.2) is 20.2 Å². The van der Waals surface area contributed by atoms with Gasteiger partial charge in [-0.3, -0.25) is 9.13 Å². The summed E-state index contributed by atoms with van der Waals surface area (Å²) in [5, 5.41) is 9.49. The van der Waals surface area contributed by atoms with Crippen LogP contribution in [0.25, 0.3) is 11.1 Å². The van der Waals surface area contributed by atoms with Crippen LogP contribution in [0.1, 0.15) is 72.8 Å². The van der Waals surface area contributed by atoms with Crippen molar-refractivity contribution in [2.75, 3.05) is 0 Å². The van der Waals surface area contributed by atoms with Crippen molar-refractivity contribution >= 4 is 5.97 Å². The van der Waals surface area contributed by atoms with Gasteiger partial charge in [0, 0.05) is 17.9 Å². The van der Waals surface area contributed by atoms with Gasteiger partial charge >= 0.3 is 11.7 Å². The molecule has 3 aromatic rings. The predicted octanol–water partition coefficient (Wildman–Crippen LogP) is 5.90. The van der Waals surface area contributed by atoms with Gasteiger partial charge in [0.25, 0.3) is 0 Å². The molecule has 33 heavy (non-hydrogen) atoms. The Morgan fingerprint density at radius 2 is 1.70 bits per heavy atom. The summed E-state index contributed by atoms with van der Waals surface area (Å²) in [5.41, 5.74) is 5.25. The molecule has 174 valence electrons. The zero-order chi connectivity index (χ0) is 23.4. The van der Waals surface area contributed by atoms with E-state index in [1.165, 1.54) is 32.1 Å². The molecule has 0 amide bonds. The first-order valence-corrected chi connectivity index (χ1v) is 12.2. The number of rotatable bonds is 8. The van der Waals surface area contributed by atoms with Crippen molar-refractivity contribution in [1.29, 1.82) is 0 Å². The molecule has 0 saturated heterocycles. The number of hydrogen-bond donors (Lipinski definition) is 1. The first kappa shape index (κ1) is 23.1. The minimum absolute atomic E-state index is 0.0989. The maximum atomic E-state index is 13.4. The summed E-state index contributed by atoms with van der Waals surface area (Å²) in [5.74, 6) is -0.325. The Balaban J connectivity index is 1.61. The molecule has 1 aliphatic rings. The Morgan fingerprint density at radius 1 is 1.00 bits per heavy atom. The van der Waals surface area contributed by atoms with E-state index < -0.39 is 5.97 Å². The molecule has 1 heterocycles. The molecule has 0 atom stereocenters. The van der Waals surface area contributed by atoms with E-state index in [0.717, 1.165) is 41.9 Å². The van der Waals surface area contributed by atoms with Crippen LogP contribution < -0.4 is 5.69 Å². The van der Waals surface area contributed by atoms with E-state index >= 15 is 0 Å². The molecule has 1 fully saturated rings. The van der Waals surface area contributed by atoms with E-state index in [-0.39, 0.29) is 5.69 Å². The Morgan fingerprint density at radius 3 is 2.36 bits per heavy atom. The maximum Gasteiger partial charge on any atom is 0.336 e. The fourth-order valence-electron chi connectivity index (χ4n) is 5.21. The van der Waals surface area contributed by atoms with Crippen LogP contribution in [0.4, 0.5) is 0 Å². The Hall–Kier alpha value is -3.08. The molecular formula is C28H34N2O3. The van der Waals surface area contributed by atoms with Crippen molar-refractivity contribution in [2.45, 2.75) is 71.9 Å². The van der Waals surface area contributed by atoms with Crippen molar-refractivity contribution < 1.29 is 9.90 Å². The quantitative estimate of drug-likeness (QED) is 0.468. The van der Waals surface area contributed by atoms with Crippen LogP contribution >= 0.6 is 0 Å². The van der Waals surface area contributed by atoms with Crippen LogP contribution in [0.15, 0.2) is 53.3 Å². The second-order valence-electron chi connectivity index (χ2n) is 9.31. The van der Waals surface area contributed by atoms with Gasteiger partial charge in [-0.15, -0.1) is 0 Å². The highest BCUT2D eigenvalue weighted by Gasteiger charge is 2.21. The second kappa shape index (κ2) is 10.2. The summed E-state index contributed by atoms with van der Waals surface area (Å²) in [6.07, 6.45) is 8.20. The number of nitrogens with zero attached hydrogens (tertiary/aromatic N) is 2. The molecule has 4 rings (SSSR count). The average molecular weight is 447 g/mol. The number of carboxylic acids is 1. The Kier molecular flexibility index (Phi) is 7.17. The zero-order valence-corrected chi connectivity index (χ0v) is 19.7. The number of benzene rings is 2. The molecular weight excluding hydrogens is 412 g/mol. The number of aromatic nitrogens is 2. The van der Waals surface area contributed by atoms with Crippen molar-refractivity contribution in [3.8, 4) is 11.1 Å². The summed E-state index contributed by atoms with van der Waals surface area (Å²) in [6.45, 7) is 5.62. The lowest BCUT2D eigenvalue weighted by molar-refractivity contribution is 0.0697. The van der Waals surface area contributed by atoms with E-state index in [2.05, 4.69) is 13.8 Å². The van der Waals surface area contributed by atoms with Crippen LogP contribution in [0, 0.1) is 12.8 Å². The number of carbonyl (C=O) groups is 1. The second-order valence-corrected chi connectivity index (χ2v) is 9.31. The Labute approximate surface area is 195 Å². The minimum Gasteiger partial charge on any atom is -0.478 e. The van der Waals surface area contributed by atoms with Gasteiger partial charge in [0.2, 0.25) is 0 Å². The summed E-state index contributed by atoms with van der Waals surface area (Å²) >= 11 is 0. The predicted molar refractivity (Wildman–Crippen MR) is 132 cm³/mol.